The van der Waals surface area contributed by atoms with Crippen molar-refractivity contribution in [1.29, 1.82) is 0 Å². The minimum atomic E-state index is -1.03. The van der Waals surface area contributed by atoms with Crippen molar-refractivity contribution < 1.29 is 28.3 Å². The van der Waals surface area contributed by atoms with Crippen molar-refractivity contribution in [2.24, 2.45) is 0 Å². The van der Waals surface area contributed by atoms with E-state index < -0.39 is 23.1 Å². The van der Waals surface area contributed by atoms with Gasteiger partial charge in [0.1, 0.15) is 0 Å². The summed E-state index contributed by atoms with van der Waals surface area (Å²) in [5.74, 6) is -2.86. The van der Waals surface area contributed by atoms with Crippen LogP contribution in [0.25, 0.3) is 28.2 Å². The summed E-state index contributed by atoms with van der Waals surface area (Å²) in [6, 6.07) is 15.5. The Hall–Kier alpha value is -4.79. The average molecular weight is 652 g/mol. The lowest BCUT2D eigenvalue weighted by Crippen LogP contribution is -2.59. The zero-order valence-electron chi connectivity index (χ0n) is 27.0. The van der Waals surface area contributed by atoms with Crippen LogP contribution in [-0.4, -0.2) is 46.5 Å². The third-order valence-corrected chi connectivity index (χ3v) is 10.6. The molecule has 0 atom stereocenters. The highest BCUT2D eigenvalue weighted by molar-refractivity contribution is 6.04. The molecule has 0 bridgehead atoms. The van der Waals surface area contributed by atoms with Gasteiger partial charge in [0.25, 0.3) is 5.91 Å². The van der Waals surface area contributed by atoms with E-state index in [4.69, 9.17) is 5.11 Å². The number of aliphatic carboxylic acids is 1. The molecule has 2 N–H and O–H groups in total. The Morgan fingerprint density at radius 3 is 2.35 bits per heavy atom. The van der Waals surface area contributed by atoms with Gasteiger partial charge < -0.3 is 19.9 Å². The average Bonchev–Trinajstić information content (AvgIpc) is 3.32. The van der Waals surface area contributed by atoms with Gasteiger partial charge in [-0.05, 0) is 79.0 Å². The van der Waals surface area contributed by atoms with Crippen LogP contribution in [0.15, 0.2) is 60.7 Å². The lowest BCUT2D eigenvalue weighted by Gasteiger charge is -2.41. The maximum absolute atomic E-state index is 14.8. The van der Waals surface area contributed by atoms with E-state index in [1.807, 2.05) is 30.1 Å². The Bertz CT molecular complexity index is 1950. The third kappa shape index (κ3) is 5.80. The van der Waals surface area contributed by atoms with Gasteiger partial charge in [0.15, 0.2) is 17.4 Å². The number of hydrogen-bond acceptors (Lipinski definition) is 4. The summed E-state index contributed by atoms with van der Waals surface area (Å²) in [6.07, 6.45) is 10.1. The second kappa shape index (κ2) is 12.7. The van der Waals surface area contributed by atoms with Gasteiger partial charge in [-0.2, -0.15) is 0 Å². The minimum absolute atomic E-state index is 0.0537. The summed E-state index contributed by atoms with van der Waals surface area (Å²) < 4.78 is 31.5. The fourth-order valence-corrected chi connectivity index (χ4v) is 7.82. The Balaban J connectivity index is 1.21. The summed E-state index contributed by atoms with van der Waals surface area (Å²) in [5.41, 5.74) is 5.28. The van der Waals surface area contributed by atoms with Crippen LogP contribution < -0.4 is 10.2 Å². The fourth-order valence-electron chi connectivity index (χ4n) is 7.82. The predicted octanol–water partition coefficient (Wildman–Crippen LogP) is 7.65. The lowest BCUT2D eigenvalue weighted by molar-refractivity contribution is -0.131. The second-order valence-corrected chi connectivity index (χ2v) is 13.6. The van der Waals surface area contributed by atoms with Crippen LogP contribution in [-0.2, 0) is 22.6 Å². The van der Waals surface area contributed by atoms with E-state index in [9.17, 15) is 23.2 Å². The SMILES string of the molecule is CN1CCn2c(c(C3CCCCC3)c3ccc(C(=O)NC4(C(=O)Cc5ccc(/C=C/C(=O)O)cc5)CCC4)cc32)-c2cc(F)c(F)cc21. The lowest BCUT2D eigenvalue weighted by atomic mass is 9.72. The van der Waals surface area contributed by atoms with E-state index in [2.05, 4.69) is 9.88 Å². The Morgan fingerprint density at radius 2 is 1.67 bits per heavy atom. The Morgan fingerprint density at radius 1 is 0.938 bits per heavy atom. The first-order valence-corrected chi connectivity index (χ1v) is 16.9. The molecular weight excluding hydrogens is 612 g/mol. The number of aromatic nitrogens is 1. The van der Waals surface area contributed by atoms with Crippen molar-refractivity contribution in [1.82, 2.24) is 9.88 Å². The van der Waals surface area contributed by atoms with Crippen LogP contribution in [0.1, 0.15) is 84.3 Å². The maximum atomic E-state index is 14.8. The van der Waals surface area contributed by atoms with E-state index in [-0.39, 0.29) is 24.0 Å². The maximum Gasteiger partial charge on any atom is 0.328 e. The number of Topliss-reactive ketones (excluding diaryl/α,β-unsaturated/α-hetero) is 1. The zero-order chi connectivity index (χ0) is 33.6. The molecule has 0 saturated heterocycles. The van der Waals surface area contributed by atoms with Crippen molar-refractivity contribution >= 4 is 40.3 Å². The number of halogens is 2. The molecule has 2 fully saturated rings. The van der Waals surface area contributed by atoms with Crippen LogP contribution in [0.3, 0.4) is 0 Å². The van der Waals surface area contributed by atoms with Crippen LogP contribution >= 0.6 is 0 Å². The van der Waals surface area contributed by atoms with Crippen molar-refractivity contribution in [2.45, 2.75) is 75.8 Å². The van der Waals surface area contributed by atoms with Gasteiger partial charge in [0.05, 0.1) is 11.2 Å². The first-order chi connectivity index (χ1) is 23.1. The van der Waals surface area contributed by atoms with Crippen LogP contribution in [0, 0.1) is 11.6 Å². The standard InChI is InChI=1S/C39H39F2N3O4/c1-43-18-19-44-33-21-27(38(48)42-39(16-5-17-39)34(45)20-25-10-8-24(9-11-25)12-15-35(46)47)13-14-28(33)36(26-6-3-2-4-7-26)37(44)29-22-30(40)31(41)23-32(29)43/h8-15,21-23,26H,2-7,16-20H2,1H3,(H,42,48)(H,46,47)/b15-12+. The number of nitrogens with one attached hydrogen (secondary N) is 1. The van der Waals surface area contributed by atoms with E-state index in [0.717, 1.165) is 71.5 Å². The van der Waals surface area contributed by atoms with Gasteiger partial charge in [-0.15, -0.1) is 0 Å². The summed E-state index contributed by atoms with van der Waals surface area (Å²) in [5, 5.41) is 13.0. The number of carbonyl (C=O) groups is 3. The van der Waals surface area contributed by atoms with Gasteiger partial charge in [-0.1, -0.05) is 49.6 Å². The topological polar surface area (TPSA) is 91.6 Å². The largest absolute Gasteiger partial charge is 0.478 e. The Kier molecular flexibility index (Phi) is 8.39. The van der Waals surface area contributed by atoms with Gasteiger partial charge in [0.2, 0.25) is 0 Å². The number of anilines is 1. The molecule has 48 heavy (non-hydrogen) atoms. The first kappa shape index (κ1) is 31.8. The molecule has 3 aromatic carbocycles. The van der Waals surface area contributed by atoms with Gasteiger partial charge in [-0.25, -0.2) is 13.6 Å². The van der Waals surface area contributed by atoms with E-state index in [0.29, 0.717) is 42.7 Å². The number of carbonyl (C=O) groups excluding carboxylic acids is 2. The van der Waals surface area contributed by atoms with Crippen LogP contribution in [0.4, 0.5) is 14.5 Å². The normalized spacial score (nSPS) is 17.4. The van der Waals surface area contributed by atoms with Crippen LogP contribution in [0.5, 0.6) is 0 Å². The highest BCUT2D eigenvalue weighted by Gasteiger charge is 2.45. The molecule has 2 aliphatic carbocycles. The molecule has 3 aliphatic rings. The number of ketones is 1. The number of hydrogen-bond donors (Lipinski definition) is 2. The van der Waals surface area contributed by atoms with Crippen molar-refractivity contribution in [3.8, 4) is 11.3 Å². The number of rotatable bonds is 8. The third-order valence-electron chi connectivity index (χ3n) is 10.6. The Labute approximate surface area is 278 Å². The zero-order valence-corrected chi connectivity index (χ0v) is 27.0. The molecule has 2 saturated carbocycles. The minimum Gasteiger partial charge on any atom is -0.478 e. The smallest absolute Gasteiger partial charge is 0.328 e. The summed E-state index contributed by atoms with van der Waals surface area (Å²) in [7, 11) is 1.89. The van der Waals surface area contributed by atoms with Crippen molar-refractivity contribution in [3.63, 3.8) is 0 Å². The summed E-state index contributed by atoms with van der Waals surface area (Å²) >= 11 is 0. The number of nitrogens with zero attached hydrogens (tertiary/aromatic N) is 2. The first-order valence-electron chi connectivity index (χ1n) is 16.9. The summed E-state index contributed by atoms with van der Waals surface area (Å²) in [4.78, 5) is 40.3. The number of amides is 1. The molecule has 7 nitrogen and oxygen atoms in total. The predicted molar refractivity (Wildman–Crippen MR) is 182 cm³/mol. The second-order valence-electron chi connectivity index (χ2n) is 13.6. The molecule has 0 spiro atoms. The quantitative estimate of drug-likeness (QED) is 0.191. The molecule has 4 aromatic rings. The van der Waals surface area contributed by atoms with Gasteiger partial charge >= 0.3 is 5.97 Å². The molecule has 0 unspecified atom stereocenters. The monoisotopic (exact) mass is 651 g/mol. The van der Waals surface area contributed by atoms with E-state index in [1.54, 1.807) is 24.3 Å². The number of carboxylic acid groups (broad SMARTS) is 1. The van der Waals surface area contributed by atoms with E-state index in [1.165, 1.54) is 24.6 Å². The van der Waals surface area contributed by atoms with Gasteiger partial charge in [-0.3, -0.25) is 9.59 Å². The molecule has 248 valence electrons. The molecule has 9 heteroatoms. The number of carboxylic acids is 1. The molecule has 7 rings (SSSR count). The number of fused-ring (bicyclic) bond motifs is 5. The molecular formula is C39H39F2N3O4. The highest BCUT2D eigenvalue weighted by Crippen LogP contribution is 2.47. The summed E-state index contributed by atoms with van der Waals surface area (Å²) in [6.45, 7) is 1.18. The molecule has 2 heterocycles. The van der Waals surface area contributed by atoms with Gasteiger partial charge in [0, 0.05) is 66.4 Å². The highest BCUT2D eigenvalue weighted by atomic mass is 19.2. The number of likely N-dealkylation sites (N-methyl/N-ethyl adjacent to an activating group) is 1. The molecule has 1 amide bonds. The van der Waals surface area contributed by atoms with Crippen molar-refractivity contribution in [2.75, 3.05) is 18.5 Å². The number of benzene rings is 3. The molecule has 1 aliphatic heterocycles. The van der Waals surface area contributed by atoms with Crippen LogP contribution in [0.2, 0.25) is 0 Å². The molecule has 0 radical (unpaired) electrons. The fraction of sp³-hybridized carbons (Fsp3) is 0.359. The van der Waals surface area contributed by atoms with E-state index >= 15 is 0 Å². The molecule has 1 aromatic heterocycles. The van der Waals surface area contributed by atoms with Crippen molar-refractivity contribution in [3.05, 3.63) is 94.6 Å².